The summed E-state index contributed by atoms with van der Waals surface area (Å²) in [7, 11) is 1.73. The molecule has 3 atom stereocenters. The van der Waals surface area contributed by atoms with E-state index in [1.807, 2.05) is 30.3 Å². The summed E-state index contributed by atoms with van der Waals surface area (Å²) < 4.78 is 13.2. The summed E-state index contributed by atoms with van der Waals surface area (Å²) in [5.41, 5.74) is 1.89. The number of amides is 2. The Labute approximate surface area is 192 Å². The highest BCUT2D eigenvalue weighted by atomic mass is 19.1. The summed E-state index contributed by atoms with van der Waals surface area (Å²) in [6, 6.07) is 18.5. The number of rotatable bonds is 7. The predicted molar refractivity (Wildman–Crippen MR) is 124 cm³/mol. The minimum absolute atomic E-state index is 0.0563. The van der Waals surface area contributed by atoms with E-state index in [0.29, 0.717) is 36.1 Å². The van der Waals surface area contributed by atoms with Gasteiger partial charge in [-0.2, -0.15) is 0 Å². The average molecular weight is 451 g/mol. The fourth-order valence-electron chi connectivity index (χ4n) is 4.53. The van der Waals surface area contributed by atoms with Crippen molar-refractivity contribution in [3.63, 3.8) is 0 Å². The van der Waals surface area contributed by atoms with Crippen LogP contribution >= 0.6 is 0 Å². The maximum atomic E-state index is 13.3. The SMILES string of the molecule is CN1C(=O)N(c2ccccc2)C(c2ccc(O)cc2O)C1CCCC(O)c1ccc(F)cc1. The van der Waals surface area contributed by atoms with E-state index in [1.54, 1.807) is 35.0 Å². The van der Waals surface area contributed by atoms with Gasteiger partial charge in [-0.15, -0.1) is 0 Å². The summed E-state index contributed by atoms with van der Waals surface area (Å²) >= 11 is 0. The Morgan fingerprint density at radius 1 is 1.00 bits per heavy atom. The number of aliphatic hydroxyl groups is 1. The number of anilines is 1. The van der Waals surface area contributed by atoms with Crippen LogP contribution in [0.5, 0.6) is 11.5 Å². The number of para-hydroxylation sites is 1. The molecular weight excluding hydrogens is 423 g/mol. The van der Waals surface area contributed by atoms with Crippen molar-refractivity contribution in [2.45, 2.75) is 37.5 Å². The first-order valence-corrected chi connectivity index (χ1v) is 10.9. The van der Waals surface area contributed by atoms with Gasteiger partial charge in [0.1, 0.15) is 17.3 Å². The van der Waals surface area contributed by atoms with Crippen molar-refractivity contribution in [1.82, 2.24) is 4.90 Å². The van der Waals surface area contributed by atoms with Crippen LogP contribution in [0.4, 0.5) is 14.9 Å². The molecule has 2 amide bonds. The van der Waals surface area contributed by atoms with Crippen LogP contribution in [-0.2, 0) is 0 Å². The monoisotopic (exact) mass is 450 g/mol. The smallest absolute Gasteiger partial charge is 0.325 e. The first kappa shape index (κ1) is 22.6. The topological polar surface area (TPSA) is 84.2 Å². The van der Waals surface area contributed by atoms with E-state index in [0.717, 1.165) is 0 Å². The molecule has 0 bridgehead atoms. The second-order valence-corrected chi connectivity index (χ2v) is 8.35. The molecule has 1 aliphatic rings. The number of phenols is 2. The third-order valence-electron chi connectivity index (χ3n) is 6.25. The Balaban J connectivity index is 1.59. The van der Waals surface area contributed by atoms with Crippen LogP contribution in [0, 0.1) is 5.82 Å². The molecule has 4 rings (SSSR count). The number of phenolic OH excluding ortho intramolecular Hbond substituents is 2. The molecule has 172 valence electrons. The molecule has 6 nitrogen and oxygen atoms in total. The van der Waals surface area contributed by atoms with E-state index < -0.39 is 12.1 Å². The molecule has 0 aliphatic carbocycles. The van der Waals surface area contributed by atoms with E-state index >= 15 is 0 Å². The highest BCUT2D eigenvalue weighted by molar-refractivity contribution is 5.95. The van der Waals surface area contributed by atoms with Gasteiger partial charge in [0.2, 0.25) is 0 Å². The van der Waals surface area contributed by atoms with Gasteiger partial charge in [0.25, 0.3) is 0 Å². The van der Waals surface area contributed by atoms with Crippen molar-refractivity contribution in [3.8, 4) is 11.5 Å². The van der Waals surface area contributed by atoms with Crippen molar-refractivity contribution in [2.75, 3.05) is 11.9 Å². The van der Waals surface area contributed by atoms with Crippen LogP contribution in [-0.4, -0.2) is 39.3 Å². The minimum Gasteiger partial charge on any atom is -0.508 e. The lowest BCUT2D eigenvalue weighted by Gasteiger charge is -2.28. The molecule has 1 fully saturated rings. The van der Waals surface area contributed by atoms with E-state index in [4.69, 9.17) is 0 Å². The maximum absolute atomic E-state index is 13.3. The zero-order chi connectivity index (χ0) is 23.5. The minimum atomic E-state index is -0.737. The number of aliphatic hydroxyl groups excluding tert-OH is 1. The quantitative estimate of drug-likeness (QED) is 0.466. The van der Waals surface area contributed by atoms with Crippen LogP contribution in [0.2, 0.25) is 0 Å². The van der Waals surface area contributed by atoms with Crippen LogP contribution in [0.25, 0.3) is 0 Å². The third kappa shape index (κ3) is 4.64. The summed E-state index contributed by atoms with van der Waals surface area (Å²) in [6.45, 7) is 0. The van der Waals surface area contributed by atoms with Crippen molar-refractivity contribution in [3.05, 3.63) is 89.7 Å². The molecule has 0 radical (unpaired) electrons. The molecule has 0 saturated carbocycles. The number of benzene rings is 3. The lowest BCUT2D eigenvalue weighted by Crippen LogP contribution is -2.31. The molecule has 3 unspecified atom stereocenters. The number of carbonyl (C=O) groups is 1. The molecule has 33 heavy (non-hydrogen) atoms. The number of halogens is 1. The van der Waals surface area contributed by atoms with Crippen molar-refractivity contribution < 1.29 is 24.5 Å². The first-order valence-electron chi connectivity index (χ1n) is 10.9. The van der Waals surface area contributed by atoms with Crippen molar-refractivity contribution >= 4 is 11.7 Å². The maximum Gasteiger partial charge on any atom is 0.325 e. The number of hydrogen-bond acceptors (Lipinski definition) is 4. The fourth-order valence-corrected chi connectivity index (χ4v) is 4.53. The standard InChI is InChI=1S/C26H27FN2O4/c1-28-22(8-5-9-23(31)17-10-12-18(27)13-11-17)25(21-15-14-20(30)16-24(21)32)29(26(28)33)19-6-3-2-4-7-19/h2-4,6-7,10-16,22-23,25,30-32H,5,8-9H2,1H3. The van der Waals surface area contributed by atoms with Crippen molar-refractivity contribution in [2.24, 2.45) is 0 Å². The summed E-state index contributed by atoms with van der Waals surface area (Å²) in [5.74, 6) is -0.492. The van der Waals surface area contributed by atoms with Gasteiger partial charge in [-0.05, 0) is 61.2 Å². The Bertz CT molecular complexity index is 1110. The van der Waals surface area contributed by atoms with Gasteiger partial charge in [-0.25, -0.2) is 9.18 Å². The molecule has 0 aromatic heterocycles. The van der Waals surface area contributed by atoms with Gasteiger partial charge in [-0.3, -0.25) is 4.90 Å². The van der Waals surface area contributed by atoms with Gasteiger partial charge in [0, 0.05) is 24.4 Å². The molecule has 3 aromatic rings. The lowest BCUT2D eigenvalue weighted by atomic mass is 9.92. The van der Waals surface area contributed by atoms with Gasteiger partial charge in [-0.1, -0.05) is 30.3 Å². The van der Waals surface area contributed by atoms with E-state index in [1.165, 1.54) is 24.3 Å². The summed E-state index contributed by atoms with van der Waals surface area (Å²) in [6.07, 6.45) is 0.899. The molecule has 1 saturated heterocycles. The second kappa shape index (κ2) is 9.50. The van der Waals surface area contributed by atoms with Crippen molar-refractivity contribution in [1.29, 1.82) is 0 Å². The van der Waals surface area contributed by atoms with E-state index in [2.05, 4.69) is 0 Å². The van der Waals surface area contributed by atoms with Crippen LogP contribution < -0.4 is 4.90 Å². The van der Waals surface area contributed by atoms with Crippen LogP contribution in [0.3, 0.4) is 0 Å². The lowest BCUT2D eigenvalue weighted by molar-refractivity contribution is 0.158. The molecule has 7 heteroatoms. The normalized spacial score (nSPS) is 19.2. The number of aromatic hydroxyl groups is 2. The third-order valence-corrected chi connectivity index (χ3v) is 6.25. The van der Waals surface area contributed by atoms with Gasteiger partial charge in [0.15, 0.2) is 0 Å². The Hall–Kier alpha value is -3.58. The largest absolute Gasteiger partial charge is 0.508 e. The molecule has 0 spiro atoms. The zero-order valence-electron chi connectivity index (χ0n) is 18.3. The Morgan fingerprint density at radius 2 is 1.70 bits per heavy atom. The van der Waals surface area contributed by atoms with Gasteiger partial charge < -0.3 is 20.2 Å². The summed E-state index contributed by atoms with van der Waals surface area (Å²) in [5, 5.41) is 30.9. The fraction of sp³-hybridized carbons (Fsp3) is 0.269. The number of likely N-dealkylation sites (N-methyl/N-ethyl adjacent to an activating group) is 1. The van der Waals surface area contributed by atoms with Crippen LogP contribution in [0.1, 0.15) is 42.5 Å². The van der Waals surface area contributed by atoms with Gasteiger partial charge in [0.05, 0.1) is 18.2 Å². The summed E-state index contributed by atoms with van der Waals surface area (Å²) in [4.78, 5) is 16.6. The van der Waals surface area contributed by atoms with Gasteiger partial charge >= 0.3 is 6.03 Å². The first-order chi connectivity index (χ1) is 15.9. The molecule has 1 aliphatic heterocycles. The predicted octanol–water partition coefficient (Wildman–Crippen LogP) is 5.12. The average Bonchev–Trinajstić information content (AvgIpc) is 3.05. The number of urea groups is 1. The number of hydrogen-bond donors (Lipinski definition) is 3. The van der Waals surface area contributed by atoms with E-state index in [-0.39, 0.29) is 29.4 Å². The molecule has 1 heterocycles. The number of carbonyl (C=O) groups excluding carboxylic acids is 1. The molecule has 3 N–H and O–H groups in total. The Kier molecular flexibility index (Phi) is 6.51. The van der Waals surface area contributed by atoms with Crippen LogP contribution in [0.15, 0.2) is 72.8 Å². The highest BCUT2D eigenvalue weighted by Gasteiger charge is 2.46. The molecular formula is C26H27FN2O4. The highest BCUT2D eigenvalue weighted by Crippen LogP contribution is 2.44. The second-order valence-electron chi connectivity index (χ2n) is 8.35. The van der Waals surface area contributed by atoms with E-state index in [9.17, 15) is 24.5 Å². The zero-order valence-corrected chi connectivity index (χ0v) is 18.3. The Morgan fingerprint density at radius 3 is 2.36 bits per heavy atom. The number of nitrogens with zero attached hydrogens (tertiary/aromatic N) is 2. The molecule has 3 aromatic carbocycles.